The average Bonchev–Trinajstić information content (AvgIpc) is 2.32. The Kier molecular flexibility index (Phi) is 3.78. The number of aromatic nitrogens is 2. The zero-order valence-corrected chi connectivity index (χ0v) is 11.4. The third kappa shape index (κ3) is 2.84. The molecule has 2 rings (SSSR count). The van der Waals surface area contributed by atoms with E-state index in [4.69, 9.17) is 11.6 Å². The molecule has 6 heteroatoms. The molecule has 0 fully saturated rings. The van der Waals surface area contributed by atoms with E-state index in [2.05, 4.69) is 4.98 Å². The van der Waals surface area contributed by atoms with Gasteiger partial charge in [-0.1, -0.05) is 12.1 Å². The lowest BCUT2D eigenvalue weighted by Crippen LogP contribution is -2.24. The predicted octanol–water partition coefficient (Wildman–Crippen LogP) is 2.69. The van der Waals surface area contributed by atoms with Gasteiger partial charge in [-0.2, -0.15) is 0 Å². The van der Waals surface area contributed by atoms with Crippen molar-refractivity contribution in [1.29, 1.82) is 0 Å². The van der Waals surface area contributed by atoms with E-state index in [0.717, 1.165) is 5.56 Å². The fourth-order valence-electron chi connectivity index (χ4n) is 1.36. The van der Waals surface area contributed by atoms with Crippen LogP contribution in [-0.2, 0) is 6.54 Å². The van der Waals surface area contributed by atoms with Crippen LogP contribution in [0.2, 0.25) is 5.28 Å². The molecule has 0 bridgehead atoms. The minimum Gasteiger partial charge on any atom is -0.278 e. The largest absolute Gasteiger partial charge is 0.278 e. The molecular weight excluding hydrogens is 357 g/mol. The highest BCUT2D eigenvalue weighted by Crippen LogP contribution is 2.09. The van der Waals surface area contributed by atoms with Crippen LogP contribution in [0.3, 0.4) is 0 Å². The van der Waals surface area contributed by atoms with Gasteiger partial charge in [0.25, 0.3) is 5.56 Å². The Hall–Kier alpha value is -0.950. The van der Waals surface area contributed by atoms with E-state index in [1.54, 1.807) is 12.1 Å². The highest BCUT2D eigenvalue weighted by atomic mass is 127. The number of hydrogen-bond acceptors (Lipinski definition) is 2. The van der Waals surface area contributed by atoms with Gasteiger partial charge in [0.2, 0.25) is 5.28 Å². The molecule has 0 saturated heterocycles. The lowest BCUT2D eigenvalue weighted by atomic mass is 10.2. The summed E-state index contributed by atoms with van der Waals surface area (Å²) >= 11 is 7.76. The number of halogens is 3. The summed E-state index contributed by atoms with van der Waals surface area (Å²) in [5.41, 5.74) is 0.592. The quantitative estimate of drug-likeness (QED) is 0.607. The lowest BCUT2D eigenvalue weighted by molar-refractivity contribution is 0.625. The predicted molar refractivity (Wildman–Crippen MR) is 71.7 cm³/mol. The highest BCUT2D eigenvalue weighted by molar-refractivity contribution is 14.1. The van der Waals surface area contributed by atoms with Gasteiger partial charge in [-0.05, 0) is 51.9 Å². The van der Waals surface area contributed by atoms with Crippen molar-refractivity contribution in [2.75, 3.05) is 0 Å². The van der Waals surface area contributed by atoms with Gasteiger partial charge < -0.3 is 0 Å². The molecule has 0 N–H and O–H groups in total. The summed E-state index contributed by atoms with van der Waals surface area (Å²) in [5, 5.41) is 0.125. The van der Waals surface area contributed by atoms with E-state index < -0.39 is 0 Å². The molecule has 17 heavy (non-hydrogen) atoms. The van der Waals surface area contributed by atoms with Gasteiger partial charge in [0.1, 0.15) is 5.82 Å². The SMILES string of the molecule is O=c1c(I)cnc(Cl)n1Cc1ccc(F)cc1. The van der Waals surface area contributed by atoms with Gasteiger partial charge in [0, 0.05) is 6.20 Å². The molecule has 0 unspecified atom stereocenters. The van der Waals surface area contributed by atoms with Crippen molar-refractivity contribution < 1.29 is 4.39 Å². The molecule has 0 atom stereocenters. The Bertz CT molecular complexity index is 597. The van der Waals surface area contributed by atoms with E-state index >= 15 is 0 Å². The van der Waals surface area contributed by atoms with Gasteiger partial charge in [0.05, 0.1) is 10.1 Å². The molecule has 3 nitrogen and oxygen atoms in total. The van der Waals surface area contributed by atoms with Crippen LogP contribution >= 0.6 is 34.2 Å². The van der Waals surface area contributed by atoms with Gasteiger partial charge in [-0.15, -0.1) is 0 Å². The average molecular weight is 365 g/mol. The molecule has 0 radical (unpaired) electrons. The fourth-order valence-corrected chi connectivity index (χ4v) is 1.97. The maximum absolute atomic E-state index is 12.7. The van der Waals surface area contributed by atoms with Crippen LogP contribution in [0.4, 0.5) is 4.39 Å². The summed E-state index contributed by atoms with van der Waals surface area (Å²) in [7, 11) is 0. The zero-order chi connectivity index (χ0) is 12.4. The Labute approximate surface area is 115 Å². The van der Waals surface area contributed by atoms with Crippen molar-refractivity contribution in [1.82, 2.24) is 9.55 Å². The smallest absolute Gasteiger partial charge is 0.268 e. The van der Waals surface area contributed by atoms with E-state index in [1.165, 1.54) is 22.9 Å². The second-order valence-electron chi connectivity index (χ2n) is 3.39. The third-order valence-electron chi connectivity index (χ3n) is 2.21. The first-order chi connectivity index (χ1) is 8.08. The van der Waals surface area contributed by atoms with Gasteiger partial charge in [-0.3, -0.25) is 9.36 Å². The van der Waals surface area contributed by atoms with Crippen LogP contribution in [0.5, 0.6) is 0 Å². The Balaban J connectivity index is 2.39. The molecule has 0 aliphatic carbocycles. The number of benzene rings is 1. The molecule has 0 spiro atoms. The highest BCUT2D eigenvalue weighted by Gasteiger charge is 2.07. The summed E-state index contributed by atoms with van der Waals surface area (Å²) < 4.78 is 14.6. The van der Waals surface area contributed by atoms with Crippen molar-refractivity contribution in [2.24, 2.45) is 0 Å². The minimum atomic E-state index is -0.312. The van der Waals surface area contributed by atoms with E-state index in [-0.39, 0.29) is 23.2 Å². The fraction of sp³-hybridized carbons (Fsp3) is 0.0909. The molecule has 0 aliphatic heterocycles. The molecule has 0 amide bonds. The first-order valence-electron chi connectivity index (χ1n) is 4.73. The molecular formula is C11H7ClFIN2O. The van der Waals surface area contributed by atoms with E-state index in [0.29, 0.717) is 3.57 Å². The molecule has 0 saturated carbocycles. The van der Waals surface area contributed by atoms with Crippen molar-refractivity contribution >= 4 is 34.2 Å². The van der Waals surface area contributed by atoms with Crippen molar-refractivity contribution in [2.45, 2.75) is 6.54 Å². The number of rotatable bonds is 2. The Morgan fingerprint density at radius 2 is 2.00 bits per heavy atom. The van der Waals surface area contributed by atoms with Crippen molar-refractivity contribution in [3.63, 3.8) is 0 Å². The van der Waals surface area contributed by atoms with Crippen LogP contribution < -0.4 is 5.56 Å². The first-order valence-corrected chi connectivity index (χ1v) is 6.19. The zero-order valence-electron chi connectivity index (χ0n) is 8.53. The Morgan fingerprint density at radius 1 is 1.35 bits per heavy atom. The van der Waals surface area contributed by atoms with Crippen LogP contribution in [0.25, 0.3) is 0 Å². The van der Waals surface area contributed by atoms with Crippen LogP contribution in [-0.4, -0.2) is 9.55 Å². The second kappa shape index (κ2) is 5.14. The molecule has 88 valence electrons. The van der Waals surface area contributed by atoms with Crippen LogP contribution in [0.15, 0.2) is 35.3 Å². The van der Waals surface area contributed by atoms with Gasteiger partial charge >= 0.3 is 0 Å². The minimum absolute atomic E-state index is 0.125. The lowest BCUT2D eigenvalue weighted by Gasteiger charge is -2.07. The van der Waals surface area contributed by atoms with Crippen LogP contribution in [0.1, 0.15) is 5.56 Å². The number of nitrogens with zero attached hydrogens (tertiary/aromatic N) is 2. The topological polar surface area (TPSA) is 34.9 Å². The summed E-state index contributed by atoms with van der Waals surface area (Å²) in [6.45, 7) is 0.280. The Morgan fingerprint density at radius 3 is 2.65 bits per heavy atom. The first kappa shape index (κ1) is 12.5. The maximum atomic E-state index is 12.7. The summed E-state index contributed by atoms with van der Waals surface area (Å²) in [4.78, 5) is 15.7. The summed E-state index contributed by atoms with van der Waals surface area (Å²) in [6, 6.07) is 5.90. The monoisotopic (exact) mass is 364 g/mol. The molecule has 1 aromatic carbocycles. The molecule has 2 aromatic rings. The maximum Gasteiger partial charge on any atom is 0.268 e. The van der Waals surface area contributed by atoms with Crippen LogP contribution in [0, 0.1) is 9.39 Å². The number of hydrogen-bond donors (Lipinski definition) is 0. The van der Waals surface area contributed by atoms with Crippen molar-refractivity contribution in [3.8, 4) is 0 Å². The molecule has 1 heterocycles. The molecule has 1 aromatic heterocycles. The standard InChI is InChI=1S/C11H7ClFIN2O/c12-11-15-5-9(14)10(17)16(11)6-7-1-3-8(13)4-2-7/h1-5H,6H2. The summed E-state index contributed by atoms with van der Waals surface area (Å²) in [5.74, 6) is -0.312. The van der Waals surface area contributed by atoms with Crippen molar-refractivity contribution in [3.05, 3.63) is 61.1 Å². The normalized spacial score (nSPS) is 10.5. The molecule has 0 aliphatic rings. The van der Waals surface area contributed by atoms with E-state index in [9.17, 15) is 9.18 Å². The van der Waals surface area contributed by atoms with E-state index in [1.807, 2.05) is 22.6 Å². The van der Waals surface area contributed by atoms with Gasteiger partial charge in [0.15, 0.2) is 0 Å². The second-order valence-corrected chi connectivity index (χ2v) is 4.89. The van der Waals surface area contributed by atoms with Gasteiger partial charge in [-0.25, -0.2) is 9.37 Å². The summed E-state index contributed by atoms with van der Waals surface area (Å²) in [6.07, 6.45) is 1.42. The third-order valence-corrected chi connectivity index (χ3v) is 3.25.